The van der Waals surface area contributed by atoms with Crippen molar-refractivity contribution in [3.05, 3.63) is 29.3 Å². The van der Waals surface area contributed by atoms with Crippen LogP contribution in [0.5, 0.6) is 0 Å². The smallest absolute Gasteiger partial charge is 0.410 e. The predicted octanol–water partition coefficient (Wildman–Crippen LogP) is 2.94. The van der Waals surface area contributed by atoms with Crippen LogP contribution in [-0.2, 0) is 21.0 Å². The Hall–Kier alpha value is -1.56. The second-order valence-electron chi connectivity index (χ2n) is 6.70. The zero-order valence-corrected chi connectivity index (χ0v) is 14.5. The van der Waals surface area contributed by atoms with Gasteiger partial charge in [0.2, 0.25) is 0 Å². The lowest BCUT2D eigenvalue weighted by atomic mass is 9.94. The number of hydrogen-bond acceptors (Lipinski definition) is 4. The Balaban J connectivity index is 2.36. The molecule has 1 aromatic carbocycles. The van der Waals surface area contributed by atoms with Gasteiger partial charge in [0.25, 0.3) is 0 Å². The molecule has 1 aromatic rings. The van der Waals surface area contributed by atoms with Crippen molar-refractivity contribution >= 4 is 15.9 Å². The Morgan fingerprint density at radius 1 is 1.32 bits per heavy atom. The average Bonchev–Trinajstić information content (AvgIpc) is 2.35. The maximum atomic E-state index is 12.3. The molecule has 0 aromatic heterocycles. The molecule has 0 bridgehead atoms. The fourth-order valence-electron chi connectivity index (χ4n) is 2.75. The van der Waals surface area contributed by atoms with Crippen molar-refractivity contribution in [2.75, 3.05) is 12.8 Å². The fraction of sp³-hybridized carbons (Fsp3) is 0.562. The first-order valence-electron chi connectivity index (χ1n) is 7.32. The van der Waals surface area contributed by atoms with E-state index in [1.807, 2.05) is 33.8 Å². The minimum Gasteiger partial charge on any atom is -0.444 e. The minimum atomic E-state index is -3.27. The number of rotatable bonds is 1. The van der Waals surface area contributed by atoms with E-state index in [4.69, 9.17) is 4.74 Å². The molecule has 122 valence electrons. The molecule has 1 aliphatic heterocycles. The van der Waals surface area contributed by atoms with Crippen molar-refractivity contribution in [1.82, 2.24) is 4.90 Å². The summed E-state index contributed by atoms with van der Waals surface area (Å²) < 4.78 is 29.2. The van der Waals surface area contributed by atoms with Gasteiger partial charge < -0.3 is 9.64 Å². The minimum absolute atomic E-state index is 0.208. The highest BCUT2D eigenvalue weighted by molar-refractivity contribution is 7.90. The standard InChI is InChI=1S/C16H23NO4S/c1-11-12-7-6-8-14(22(5,19)20)13(12)9-10-17(11)15(18)21-16(2,3)4/h6-8,11H,9-10H2,1-5H3. The molecule has 0 aliphatic carbocycles. The summed E-state index contributed by atoms with van der Waals surface area (Å²) in [7, 11) is -3.27. The van der Waals surface area contributed by atoms with E-state index in [-0.39, 0.29) is 12.1 Å². The van der Waals surface area contributed by atoms with Crippen LogP contribution in [0.2, 0.25) is 0 Å². The predicted molar refractivity (Wildman–Crippen MR) is 84.6 cm³/mol. The van der Waals surface area contributed by atoms with Crippen molar-refractivity contribution in [3.8, 4) is 0 Å². The van der Waals surface area contributed by atoms with Crippen LogP contribution in [0.3, 0.4) is 0 Å². The van der Waals surface area contributed by atoms with Crippen LogP contribution >= 0.6 is 0 Å². The topological polar surface area (TPSA) is 63.7 Å². The summed E-state index contributed by atoms with van der Waals surface area (Å²) >= 11 is 0. The van der Waals surface area contributed by atoms with Crippen molar-refractivity contribution in [3.63, 3.8) is 0 Å². The van der Waals surface area contributed by atoms with Crippen molar-refractivity contribution in [2.45, 2.75) is 50.7 Å². The van der Waals surface area contributed by atoms with Gasteiger partial charge in [0.1, 0.15) is 5.60 Å². The first-order chi connectivity index (χ1) is 10.0. The molecule has 1 amide bonds. The third-order valence-corrected chi connectivity index (χ3v) is 4.90. The third-order valence-electron chi connectivity index (χ3n) is 3.72. The number of carbonyl (C=O) groups excluding carboxylic acids is 1. The molecular weight excluding hydrogens is 302 g/mol. The largest absolute Gasteiger partial charge is 0.444 e. The highest BCUT2D eigenvalue weighted by atomic mass is 32.2. The summed E-state index contributed by atoms with van der Waals surface area (Å²) in [6.45, 7) is 7.84. The van der Waals surface area contributed by atoms with E-state index in [0.29, 0.717) is 17.9 Å². The second kappa shape index (κ2) is 5.57. The Bertz CT molecular complexity index is 689. The number of ether oxygens (including phenoxy) is 1. The van der Waals surface area contributed by atoms with Crippen LogP contribution in [0.15, 0.2) is 23.1 Å². The summed E-state index contributed by atoms with van der Waals surface area (Å²) in [6.07, 6.45) is 1.37. The van der Waals surface area contributed by atoms with Crippen molar-refractivity contribution in [2.24, 2.45) is 0 Å². The van der Waals surface area contributed by atoms with Gasteiger partial charge in [-0.15, -0.1) is 0 Å². The van der Waals surface area contributed by atoms with E-state index in [1.54, 1.807) is 17.0 Å². The number of hydrogen-bond donors (Lipinski definition) is 0. The van der Waals surface area contributed by atoms with E-state index in [1.165, 1.54) is 6.26 Å². The molecule has 0 saturated carbocycles. The lowest BCUT2D eigenvalue weighted by molar-refractivity contribution is 0.0159. The number of fused-ring (bicyclic) bond motifs is 1. The van der Waals surface area contributed by atoms with Crippen LogP contribution in [0.4, 0.5) is 4.79 Å². The molecule has 2 rings (SSSR count). The van der Waals surface area contributed by atoms with E-state index in [9.17, 15) is 13.2 Å². The maximum absolute atomic E-state index is 12.3. The van der Waals surface area contributed by atoms with Gasteiger partial charge in [-0.2, -0.15) is 0 Å². The SMILES string of the molecule is CC1c2cccc(S(C)(=O)=O)c2CCN1C(=O)OC(C)(C)C. The number of carbonyl (C=O) groups is 1. The van der Waals surface area contributed by atoms with Gasteiger partial charge in [-0.05, 0) is 51.3 Å². The molecule has 6 heteroatoms. The maximum Gasteiger partial charge on any atom is 0.410 e. The van der Waals surface area contributed by atoms with Gasteiger partial charge >= 0.3 is 6.09 Å². The molecule has 22 heavy (non-hydrogen) atoms. The number of nitrogens with zero attached hydrogens (tertiary/aromatic N) is 1. The molecule has 0 fully saturated rings. The van der Waals surface area contributed by atoms with Crippen molar-refractivity contribution < 1.29 is 17.9 Å². The molecule has 1 unspecified atom stereocenters. The van der Waals surface area contributed by atoms with Gasteiger partial charge in [-0.3, -0.25) is 0 Å². The van der Waals surface area contributed by atoms with Crippen LogP contribution in [0.1, 0.15) is 44.9 Å². The van der Waals surface area contributed by atoms with E-state index >= 15 is 0 Å². The Morgan fingerprint density at radius 3 is 2.50 bits per heavy atom. The third kappa shape index (κ3) is 3.43. The summed E-state index contributed by atoms with van der Waals surface area (Å²) in [5.74, 6) is 0. The lowest BCUT2D eigenvalue weighted by Crippen LogP contribution is -2.42. The average molecular weight is 325 g/mol. The van der Waals surface area contributed by atoms with Crippen molar-refractivity contribution in [1.29, 1.82) is 0 Å². The van der Waals surface area contributed by atoms with Crippen LogP contribution in [-0.4, -0.2) is 37.8 Å². The number of sulfone groups is 1. The van der Waals surface area contributed by atoms with Gasteiger partial charge in [0.05, 0.1) is 10.9 Å². The van der Waals surface area contributed by atoms with E-state index in [2.05, 4.69) is 0 Å². The Morgan fingerprint density at radius 2 is 1.95 bits per heavy atom. The quantitative estimate of drug-likeness (QED) is 0.796. The molecular formula is C16H23NO4S. The van der Waals surface area contributed by atoms with E-state index < -0.39 is 15.4 Å². The monoisotopic (exact) mass is 325 g/mol. The first kappa shape index (κ1) is 16.8. The van der Waals surface area contributed by atoms with Crippen LogP contribution < -0.4 is 0 Å². The van der Waals surface area contributed by atoms with E-state index in [0.717, 1.165) is 11.1 Å². The molecule has 0 saturated heterocycles. The molecule has 1 heterocycles. The molecule has 1 aliphatic rings. The molecule has 0 spiro atoms. The summed E-state index contributed by atoms with van der Waals surface area (Å²) in [4.78, 5) is 14.3. The Kier molecular flexibility index (Phi) is 4.26. The highest BCUT2D eigenvalue weighted by Gasteiger charge is 2.32. The number of benzene rings is 1. The van der Waals surface area contributed by atoms with Crippen LogP contribution in [0, 0.1) is 0 Å². The van der Waals surface area contributed by atoms with Crippen LogP contribution in [0.25, 0.3) is 0 Å². The molecule has 5 nitrogen and oxygen atoms in total. The summed E-state index contributed by atoms with van der Waals surface area (Å²) in [5.41, 5.74) is 1.14. The molecule has 0 radical (unpaired) electrons. The fourth-order valence-corrected chi connectivity index (χ4v) is 3.75. The zero-order chi connectivity index (χ0) is 16.7. The zero-order valence-electron chi connectivity index (χ0n) is 13.7. The highest BCUT2D eigenvalue weighted by Crippen LogP contribution is 2.34. The molecule has 0 N–H and O–H groups in total. The molecule has 1 atom stereocenters. The summed E-state index contributed by atoms with van der Waals surface area (Å²) in [6, 6.07) is 5.03. The first-order valence-corrected chi connectivity index (χ1v) is 9.21. The second-order valence-corrected chi connectivity index (χ2v) is 8.68. The van der Waals surface area contributed by atoms with Gasteiger partial charge in [0.15, 0.2) is 9.84 Å². The van der Waals surface area contributed by atoms with Gasteiger partial charge in [-0.25, -0.2) is 13.2 Å². The normalized spacial score (nSPS) is 18.8. The summed E-state index contributed by atoms with van der Waals surface area (Å²) in [5, 5.41) is 0. The lowest BCUT2D eigenvalue weighted by Gasteiger charge is -2.36. The number of amides is 1. The van der Waals surface area contributed by atoms with Gasteiger partial charge in [0, 0.05) is 12.8 Å². The Labute approximate surface area is 132 Å². The van der Waals surface area contributed by atoms with Gasteiger partial charge in [-0.1, -0.05) is 12.1 Å².